The summed E-state index contributed by atoms with van der Waals surface area (Å²) in [6, 6.07) is 11.9. The maximum absolute atomic E-state index is 13.3. The van der Waals surface area contributed by atoms with Crippen LogP contribution in [0.4, 0.5) is 5.13 Å². The molecule has 0 radical (unpaired) electrons. The van der Waals surface area contributed by atoms with Crippen LogP contribution in [0.1, 0.15) is 29.5 Å². The monoisotopic (exact) mass is 410 g/mol. The zero-order valence-corrected chi connectivity index (χ0v) is 17.9. The van der Waals surface area contributed by atoms with Crippen LogP contribution in [0.2, 0.25) is 0 Å². The van der Waals surface area contributed by atoms with E-state index < -0.39 is 0 Å². The molecular weight excluding hydrogens is 384 g/mol. The van der Waals surface area contributed by atoms with Crippen LogP contribution in [-0.2, 0) is 16.0 Å². The fraction of sp³-hybridized carbons (Fsp3) is 0.391. The molecule has 0 spiro atoms. The minimum Gasteiger partial charge on any atom is -0.497 e. The van der Waals surface area contributed by atoms with Crippen LogP contribution < -0.4 is 9.64 Å². The van der Waals surface area contributed by atoms with Crippen LogP contribution in [0, 0.1) is 13.8 Å². The summed E-state index contributed by atoms with van der Waals surface area (Å²) in [4.78, 5) is 19.9. The molecular formula is C23H26N2O3S. The predicted octanol–water partition coefficient (Wildman–Crippen LogP) is 4.68. The molecule has 152 valence electrons. The smallest absolute Gasteiger partial charge is 0.233 e. The topological polar surface area (TPSA) is 51.7 Å². The molecule has 2 heterocycles. The number of hydrogen-bond donors (Lipinski definition) is 0. The molecule has 1 fully saturated rings. The molecule has 5 nitrogen and oxygen atoms in total. The van der Waals surface area contributed by atoms with Gasteiger partial charge < -0.3 is 9.47 Å². The third-order valence-corrected chi connectivity index (χ3v) is 6.30. The lowest BCUT2D eigenvalue weighted by molar-refractivity contribution is -0.118. The lowest BCUT2D eigenvalue weighted by atomic mass is 10.1. The Bertz CT molecular complexity index is 1010. The highest BCUT2D eigenvalue weighted by molar-refractivity contribution is 7.22. The zero-order chi connectivity index (χ0) is 20.4. The van der Waals surface area contributed by atoms with Crippen molar-refractivity contribution in [1.82, 2.24) is 4.98 Å². The van der Waals surface area contributed by atoms with Crippen LogP contribution in [0.15, 0.2) is 36.4 Å². The molecule has 0 aliphatic carbocycles. The minimum atomic E-state index is 0.0408. The van der Waals surface area contributed by atoms with Crippen molar-refractivity contribution in [2.45, 2.75) is 39.2 Å². The maximum atomic E-state index is 13.3. The SMILES string of the molecule is COc1ccc(CC(=O)N(CC2CCCO2)c2nc3c(C)cc(C)cc3s2)cc1. The number of thiazole rings is 1. The van der Waals surface area contributed by atoms with Crippen molar-refractivity contribution in [1.29, 1.82) is 0 Å². The van der Waals surface area contributed by atoms with Gasteiger partial charge in [-0.25, -0.2) is 4.98 Å². The Morgan fingerprint density at radius 2 is 2.07 bits per heavy atom. The zero-order valence-electron chi connectivity index (χ0n) is 17.1. The molecule has 3 aromatic rings. The van der Waals surface area contributed by atoms with Gasteiger partial charge in [0.1, 0.15) is 5.75 Å². The van der Waals surface area contributed by atoms with E-state index in [2.05, 4.69) is 26.0 Å². The summed E-state index contributed by atoms with van der Waals surface area (Å²) >= 11 is 1.58. The van der Waals surface area contributed by atoms with Crippen molar-refractivity contribution in [2.75, 3.05) is 25.2 Å². The number of aromatic nitrogens is 1. The Balaban J connectivity index is 1.63. The largest absolute Gasteiger partial charge is 0.497 e. The van der Waals surface area contributed by atoms with Gasteiger partial charge in [-0.2, -0.15) is 0 Å². The number of hydrogen-bond acceptors (Lipinski definition) is 5. The van der Waals surface area contributed by atoms with Gasteiger partial charge in [0.25, 0.3) is 0 Å². The first-order valence-corrected chi connectivity index (χ1v) is 10.8. The molecule has 0 N–H and O–H groups in total. The first kappa shape index (κ1) is 19.9. The Labute approximate surface area is 175 Å². The number of methoxy groups -OCH3 is 1. The number of nitrogens with zero attached hydrogens (tertiary/aromatic N) is 2. The second kappa shape index (κ2) is 8.51. The van der Waals surface area contributed by atoms with Gasteiger partial charge in [-0.05, 0) is 61.6 Å². The first-order valence-electron chi connectivity index (χ1n) is 9.96. The fourth-order valence-electron chi connectivity index (χ4n) is 3.77. The van der Waals surface area contributed by atoms with Gasteiger partial charge >= 0.3 is 0 Å². The summed E-state index contributed by atoms with van der Waals surface area (Å²) in [5.41, 5.74) is 4.29. The Hall–Kier alpha value is -2.44. The summed E-state index contributed by atoms with van der Waals surface area (Å²) in [6.07, 6.45) is 2.42. The van der Waals surface area contributed by atoms with E-state index in [1.807, 2.05) is 29.2 Å². The number of aryl methyl sites for hydroxylation is 2. The van der Waals surface area contributed by atoms with Gasteiger partial charge in [-0.3, -0.25) is 9.69 Å². The Kier molecular flexibility index (Phi) is 5.83. The Morgan fingerprint density at radius 1 is 1.28 bits per heavy atom. The lowest BCUT2D eigenvalue weighted by Gasteiger charge is -2.23. The average molecular weight is 411 g/mol. The lowest BCUT2D eigenvalue weighted by Crippen LogP contribution is -2.38. The van der Waals surface area contributed by atoms with E-state index in [0.29, 0.717) is 13.0 Å². The molecule has 1 aliphatic heterocycles. The molecule has 0 bridgehead atoms. The molecule has 1 unspecified atom stereocenters. The van der Waals surface area contributed by atoms with E-state index in [9.17, 15) is 4.79 Å². The second-order valence-corrected chi connectivity index (χ2v) is 8.60. The number of benzene rings is 2. The van der Waals surface area contributed by atoms with Crippen LogP contribution in [0.25, 0.3) is 10.2 Å². The average Bonchev–Trinajstić information content (AvgIpc) is 3.36. The van der Waals surface area contributed by atoms with E-state index in [0.717, 1.165) is 51.7 Å². The van der Waals surface area contributed by atoms with E-state index in [4.69, 9.17) is 14.5 Å². The number of anilines is 1. The number of carbonyl (C=O) groups excluding carboxylic acids is 1. The fourth-order valence-corrected chi connectivity index (χ4v) is 4.93. The minimum absolute atomic E-state index is 0.0408. The van der Waals surface area contributed by atoms with Crippen molar-refractivity contribution in [2.24, 2.45) is 0 Å². The first-order chi connectivity index (χ1) is 14.0. The summed E-state index contributed by atoms with van der Waals surface area (Å²) in [7, 11) is 1.64. The van der Waals surface area contributed by atoms with Crippen molar-refractivity contribution in [3.05, 3.63) is 53.1 Å². The molecule has 1 atom stereocenters. The third-order valence-electron chi connectivity index (χ3n) is 5.28. The molecule has 4 rings (SSSR count). The number of amides is 1. The van der Waals surface area contributed by atoms with Crippen molar-refractivity contribution in [3.8, 4) is 5.75 Å². The van der Waals surface area contributed by atoms with E-state index >= 15 is 0 Å². The highest BCUT2D eigenvalue weighted by Gasteiger charge is 2.26. The molecule has 1 saturated heterocycles. The summed E-state index contributed by atoms with van der Waals surface area (Å²) < 4.78 is 12.2. The van der Waals surface area contributed by atoms with Gasteiger partial charge in [0, 0.05) is 6.61 Å². The van der Waals surface area contributed by atoms with E-state index in [-0.39, 0.29) is 12.0 Å². The van der Waals surface area contributed by atoms with Gasteiger partial charge in [0.15, 0.2) is 5.13 Å². The van der Waals surface area contributed by atoms with Gasteiger partial charge in [-0.1, -0.05) is 29.5 Å². The maximum Gasteiger partial charge on any atom is 0.233 e. The number of carbonyl (C=O) groups is 1. The number of rotatable bonds is 6. The van der Waals surface area contributed by atoms with Gasteiger partial charge in [0.05, 0.1) is 36.4 Å². The molecule has 2 aromatic carbocycles. The van der Waals surface area contributed by atoms with Gasteiger partial charge in [-0.15, -0.1) is 0 Å². The number of ether oxygens (including phenoxy) is 2. The standard InChI is InChI=1S/C23H26N2O3S/c1-15-11-16(2)22-20(12-15)29-23(24-22)25(14-19-5-4-10-28-19)21(26)13-17-6-8-18(27-3)9-7-17/h6-9,11-12,19H,4-5,10,13-14H2,1-3H3. The molecule has 1 aromatic heterocycles. The summed E-state index contributed by atoms with van der Waals surface area (Å²) in [5.74, 6) is 0.827. The van der Waals surface area contributed by atoms with E-state index in [1.54, 1.807) is 18.4 Å². The highest BCUT2D eigenvalue weighted by atomic mass is 32.1. The Morgan fingerprint density at radius 3 is 2.76 bits per heavy atom. The quantitative estimate of drug-likeness (QED) is 0.592. The van der Waals surface area contributed by atoms with Crippen molar-refractivity contribution < 1.29 is 14.3 Å². The van der Waals surface area contributed by atoms with E-state index in [1.165, 1.54) is 5.56 Å². The van der Waals surface area contributed by atoms with Crippen molar-refractivity contribution in [3.63, 3.8) is 0 Å². The van der Waals surface area contributed by atoms with Gasteiger partial charge in [0.2, 0.25) is 5.91 Å². The number of fused-ring (bicyclic) bond motifs is 1. The normalized spacial score (nSPS) is 16.3. The van der Waals surface area contributed by atoms with Crippen molar-refractivity contribution >= 4 is 32.6 Å². The van der Waals surface area contributed by atoms with Crippen LogP contribution in [0.3, 0.4) is 0 Å². The molecule has 29 heavy (non-hydrogen) atoms. The van der Waals surface area contributed by atoms with Crippen LogP contribution in [-0.4, -0.2) is 37.3 Å². The second-order valence-electron chi connectivity index (χ2n) is 7.59. The molecule has 6 heteroatoms. The predicted molar refractivity (Wildman–Crippen MR) is 117 cm³/mol. The third kappa shape index (κ3) is 4.43. The van der Waals surface area contributed by atoms with Crippen LogP contribution >= 0.6 is 11.3 Å². The molecule has 0 saturated carbocycles. The van der Waals surface area contributed by atoms with Crippen LogP contribution in [0.5, 0.6) is 5.75 Å². The molecule has 1 aliphatic rings. The summed E-state index contributed by atoms with van der Waals surface area (Å²) in [6.45, 7) is 5.48. The summed E-state index contributed by atoms with van der Waals surface area (Å²) in [5, 5.41) is 0.753. The molecule has 1 amide bonds. The highest BCUT2D eigenvalue weighted by Crippen LogP contribution is 2.33.